The molecule has 0 spiro atoms. The van der Waals surface area contributed by atoms with Gasteiger partial charge in [0.15, 0.2) is 0 Å². The number of hydrogen-bond acceptors (Lipinski definition) is 16. The quantitative estimate of drug-likeness (QED) is 0.0808. The Morgan fingerprint density at radius 1 is 0.833 bits per heavy atom. The van der Waals surface area contributed by atoms with Crippen molar-refractivity contribution in [1.82, 2.24) is 44.9 Å². The highest BCUT2D eigenvalue weighted by atomic mass is 35.5. The van der Waals surface area contributed by atoms with E-state index in [1.165, 1.54) is 0 Å². The van der Waals surface area contributed by atoms with Crippen LogP contribution < -0.4 is 14.8 Å². The Morgan fingerprint density at radius 3 is 2.13 bits per heavy atom. The predicted molar refractivity (Wildman–Crippen MR) is 224 cm³/mol. The number of halogens is 1. The Bertz CT molecular complexity index is 1790. The van der Waals surface area contributed by atoms with Crippen LogP contribution >= 0.6 is 11.6 Å². The first-order valence-electron chi connectivity index (χ1n) is 21.0. The number of morpholine rings is 1. The minimum absolute atomic E-state index is 0.222. The van der Waals surface area contributed by atoms with Crippen LogP contribution in [0.2, 0.25) is 5.02 Å². The molecule has 60 heavy (non-hydrogen) atoms. The molecule has 18 nitrogen and oxygen atoms in total. The number of benzene rings is 1. The zero-order chi connectivity index (χ0) is 41.9. The minimum Gasteiger partial charge on any atom is -0.487 e. The van der Waals surface area contributed by atoms with Crippen LogP contribution in [0, 0.1) is 0 Å². The van der Waals surface area contributed by atoms with Crippen LogP contribution in [0.15, 0.2) is 43.1 Å². The molecule has 330 valence electrons. The fourth-order valence-electron chi connectivity index (χ4n) is 7.41. The molecule has 2 fully saturated rings. The Balaban J connectivity index is 1.00. The van der Waals surface area contributed by atoms with Crippen molar-refractivity contribution in [3.63, 3.8) is 0 Å². The Hall–Kier alpha value is -4.01. The summed E-state index contributed by atoms with van der Waals surface area (Å²) in [7, 11) is 1.65. The molecule has 0 unspecified atom stereocenters. The number of rotatable bonds is 26. The summed E-state index contributed by atoms with van der Waals surface area (Å²) in [5.74, 6) is 1.47. The van der Waals surface area contributed by atoms with Crippen LogP contribution in [-0.2, 0) is 35.0 Å². The number of anilines is 2. The van der Waals surface area contributed by atoms with E-state index < -0.39 is 0 Å². The summed E-state index contributed by atoms with van der Waals surface area (Å²) < 4.78 is 49.3. The van der Waals surface area contributed by atoms with Crippen LogP contribution in [0.4, 0.5) is 11.6 Å². The summed E-state index contributed by atoms with van der Waals surface area (Å²) in [5, 5.41) is 20.1. The van der Waals surface area contributed by atoms with E-state index in [0.717, 1.165) is 49.9 Å². The molecule has 6 rings (SSSR count). The maximum atomic E-state index is 6.50. The third-order valence-corrected chi connectivity index (χ3v) is 10.6. The van der Waals surface area contributed by atoms with Gasteiger partial charge in [-0.05, 0) is 74.6 Å². The first-order chi connectivity index (χ1) is 29.3. The van der Waals surface area contributed by atoms with E-state index in [2.05, 4.69) is 54.2 Å². The summed E-state index contributed by atoms with van der Waals surface area (Å²) in [6.45, 7) is 13.9. The van der Waals surface area contributed by atoms with Crippen LogP contribution in [0.5, 0.6) is 11.6 Å². The van der Waals surface area contributed by atoms with E-state index in [4.69, 9.17) is 54.6 Å². The van der Waals surface area contributed by atoms with Gasteiger partial charge >= 0.3 is 0 Å². The number of methoxy groups -OCH3 is 1. The number of tetrazole rings is 1. The highest BCUT2D eigenvalue weighted by molar-refractivity contribution is 6.32. The molecule has 1 aromatic carbocycles. The predicted octanol–water partition coefficient (Wildman–Crippen LogP) is 5.27. The van der Waals surface area contributed by atoms with Gasteiger partial charge in [0.1, 0.15) is 23.9 Å². The van der Waals surface area contributed by atoms with E-state index >= 15 is 0 Å². The third kappa shape index (κ3) is 14.6. The second-order valence-corrected chi connectivity index (χ2v) is 15.6. The fourth-order valence-corrected chi connectivity index (χ4v) is 7.57. The smallest absolute Gasteiger partial charge is 0.256 e. The van der Waals surface area contributed by atoms with Gasteiger partial charge in [0.25, 0.3) is 5.88 Å². The zero-order valence-electron chi connectivity index (χ0n) is 35.3. The zero-order valence-corrected chi connectivity index (χ0v) is 36.1. The molecular formula is C41H61ClN10O8. The van der Waals surface area contributed by atoms with Crippen LogP contribution in [-0.4, -0.2) is 155 Å². The van der Waals surface area contributed by atoms with Crippen molar-refractivity contribution in [3.05, 3.63) is 48.1 Å². The maximum absolute atomic E-state index is 6.50. The molecule has 1 N–H and O–H groups in total. The molecule has 4 heterocycles. The average Bonchev–Trinajstić information content (AvgIpc) is 3.91. The van der Waals surface area contributed by atoms with Gasteiger partial charge in [0, 0.05) is 57.2 Å². The number of nitrogens with one attached hydrogen (secondary N) is 1. The van der Waals surface area contributed by atoms with Gasteiger partial charge in [-0.2, -0.15) is 0 Å². The average molecular weight is 857 g/mol. The molecule has 1 aliphatic heterocycles. The summed E-state index contributed by atoms with van der Waals surface area (Å²) in [4.78, 5) is 11.9. The number of nitrogens with zero attached hydrogens (tertiary/aromatic N) is 9. The summed E-state index contributed by atoms with van der Waals surface area (Å²) in [6.07, 6.45) is 12.4. The molecule has 0 amide bonds. The van der Waals surface area contributed by atoms with Gasteiger partial charge in [-0.1, -0.05) is 17.7 Å². The molecule has 4 aromatic rings. The van der Waals surface area contributed by atoms with Crippen LogP contribution in [0.1, 0.15) is 58.9 Å². The minimum atomic E-state index is -0.222. The van der Waals surface area contributed by atoms with Gasteiger partial charge in [-0.15, -0.1) is 10.2 Å². The third-order valence-electron chi connectivity index (χ3n) is 10.2. The van der Waals surface area contributed by atoms with Gasteiger partial charge < -0.3 is 43.2 Å². The SMILES string of the molecule is COCCOCCOCCOCCOCCCOc1nn(C2CCC(N3C[C@@H](C)O[C@@H](C)C3)CC2)cc1Nc1ncc(-c2ccc(Cl)c(O[C@@H](C)Cn3cnnn3)c2)cn1. The molecule has 1 saturated heterocycles. The molecular weight excluding hydrogens is 796 g/mol. The lowest BCUT2D eigenvalue weighted by atomic mass is 9.89. The van der Waals surface area contributed by atoms with E-state index in [1.54, 1.807) is 36.6 Å². The lowest BCUT2D eigenvalue weighted by Crippen LogP contribution is -2.51. The van der Waals surface area contributed by atoms with Crippen LogP contribution in [0.3, 0.4) is 0 Å². The first-order valence-corrected chi connectivity index (χ1v) is 21.4. The summed E-state index contributed by atoms with van der Waals surface area (Å²) in [5.41, 5.74) is 2.38. The monoisotopic (exact) mass is 856 g/mol. The summed E-state index contributed by atoms with van der Waals surface area (Å²) in [6, 6.07) is 6.42. The van der Waals surface area contributed by atoms with Crippen molar-refractivity contribution < 1.29 is 37.9 Å². The lowest BCUT2D eigenvalue weighted by Gasteiger charge is -2.42. The molecule has 19 heteroatoms. The van der Waals surface area contributed by atoms with Crippen molar-refractivity contribution >= 4 is 23.2 Å². The lowest BCUT2D eigenvalue weighted by molar-refractivity contribution is -0.0852. The number of hydrogen-bond donors (Lipinski definition) is 1. The van der Waals surface area contributed by atoms with Gasteiger partial charge in [0.2, 0.25) is 5.95 Å². The van der Waals surface area contributed by atoms with Crippen LogP contribution in [0.25, 0.3) is 11.1 Å². The van der Waals surface area contributed by atoms with E-state index in [0.29, 0.717) is 113 Å². The van der Waals surface area contributed by atoms with Crippen molar-refractivity contribution in [1.29, 1.82) is 0 Å². The molecule has 1 aliphatic carbocycles. The first kappa shape index (κ1) is 45.5. The largest absolute Gasteiger partial charge is 0.487 e. The Labute approximate surface area is 357 Å². The molecule has 0 bridgehead atoms. The van der Waals surface area contributed by atoms with Crippen molar-refractivity contribution in [3.8, 4) is 22.8 Å². The normalized spacial score (nSPS) is 20.3. The molecule has 3 atom stereocenters. The Morgan fingerprint density at radius 2 is 1.48 bits per heavy atom. The summed E-state index contributed by atoms with van der Waals surface area (Å²) >= 11 is 6.50. The Kier molecular flexibility index (Phi) is 18.5. The number of ether oxygens (including phenoxy) is 8. The van der Waals surface area contributed by atoms with Crippen molar-refractivity contribution in [2.75, 3.05) is 91.6 Å². The maximum Gasteiger partial charge on any atom is 0.256 e. The van der Waals surface area contributed by atoms with Gasteiger partial charge in [0.05, 0.1) is 95.5 Å². The van der Waals surface area contributed by atoms with E-state index in [1.807, 2.05) is 25.3 Å². The van der Waals surface area contributed by atoms with E-state index in [9.17, 15) is 0 Å². The van der Waals surface area contributed by atoms with Gasteiger partial charge in [-0.25, -0.2) is 14.6 Å². The molecule has 0 radical (unpaired) electrons. The topological polar surface area (TPSA) is 176 Å². The van der Waals surface area contributed by atoms with Gasteiger partial charge in [-0.3, -0.25) is 9.58 Å². The standard InChI is InChI=1S/C41H61ClN10O8/c1-30-25-50(26-31(2)59-30)35-7-9-36(10-8-35)52-28-38(40(47-52)58-13-5-12-54-16-17-56-20-21-57-19-18-55-15-14-53-4)46-41-43-23-34(24-44-41)33-6-11-37(42)39(22-33)60-32(3)27-51-29-45-48-49-51/h6,11,22-24,28-32,35-36H,5,7-10,12-21,25-27H2,1-4H3,(H,43,44,46)/t30-,31+,32-,35?,36?/m0/s1. The number of aromatic nitrogens is 8. The molecule has 3 aromatic heterocycles. The second kappa shape index (κ2) is 24.4. The highest BCUT2D eigenvalue weighted by Crippen LogP contribution is 2.36. The van der Waals surface area contributed by atoms with Crippen molar-refractivity contribution in [2.24, 2.45) is 0 Å². The highest BCUT2D eigenvalue weighted by Gasteiger charge is 2.32. The fraction of sp³-hybridized carbons (Fsp3) is 0.659. The molecule has 1 saturated carbocycles. The van der Waals surface area contributed by atoms with Crippen molar-refractivity contribution in [2.45, 2.75) is 89.8 Å². The molecule has 2 aliphatic rings. The second-order valence-electron chi connectivity index (χ2n) is 15.2. The van der Waals surface area contributed by atoms with E-state index in [-0.39, 0.29) is 24.4 Å².